The van der Waals surface area contributed by atoms with E-state index < -0.39 is 18.0 Å². The molecule has 0 atom stereocenters. The molecule has 4 rings (SSSR count). The molecule has 0 saturated carbocycles. The van der Waals surface area contributed by atoms with Gasteiger partial charge in [-0.2, -0.15) is 0 Å². The highest BCUT2D eigenvalue weighted by Gasteiger charge is 2.16. The molecule has 0 aliphatic heterocycles. The maximum Gasteiger partial charge on any atom is 0.340 e. The van der Waals surface area contributed by atoms with Crippen molar-refractivity contribution in [1.82, 2.24) is 0 Å². The van der Waals surface area contributed by atoms with Gasteiger partial charge in [-0.05, 0) is 36.2 Å². The summed E-state index contributed by atoms with van der Waals surface area (Å²) in [5.41, 5.74) is 2.68. The van der Waals surface area contributed by atoms with E-state index in [1.807, 2.05) is 18.2 Å². The Morgan fingerprint density at radius 1 is 1.12 bits per heavy atom. The van der Waals surface area contributed by atoms with Crippen LogP contribution in [0.15, 0.2) is 56.3 Å². The highest BCUT2D eigenvalue weighted by atomic mass is 35.5. The smallest absolute Gasteiger partial charge is 0.340 e. The van der Waals surface area contributed by atoms with E-state index in [0.717, 1.165) is 16.5 Å². The molecule has 130 valence electrons. The fraction of sp³-hybridized carbons (Fsp3) is 0.100. The second-order valence-corrected chi connectivity index (χ2v) is 6.48. The van der Waals surface area contributed by atoms with Gasteiger partial charge in [-0.25, -0.2) is 4.79 Å². The molecule has 2 aromatic heterocycles. The molecule has 0 radical (unpaired) electrons. The van der Waals surface area contributed by atoms with Crippen LogP contribution in [0.2, 0.25) is 5.02 Å². The molecule has 0 unspecified atom stereocenters. The lowest BCUT2D eigenvalue weighted by Gasteiger charge is -2.08. The van der Waals surface area contributed by atoms with Gasteiger partial charge >= 0.3 is 5.63 Å². The van der Waals surface area contributed by atoms with Crippen LogP contribution in [0.3, 0.4) is 0 Å². The fourth-order valence-electron chi connectivity index (χ4n) is 3.11. The molecule has 0 fully saturated rings. The highest BCUT2D eigenvalue weighted by Crippen LogP contribution is 2.35. The van der Waals surface area contributed by atoms with Gasteiger partial charge in [-0.1, -0.05) is 23.7 Å². The number of carboxylic acid groups (broad SMARTS) is 1. The molecular weight excluding hydrogens is 356 g/mol. The van der Waals surface area contributed by atoms with Crippen molar-refractivity contribution < 1.29 is 18.7 Å². The first-order valence-corrected chi connectivity index (χ1v) is 8.25. The quantitative estimate of drug-likeness (QED) is 0.518. The van der Waals surface area contributed by atoms with Gasteiger partial charge in [0.15, 0.2) is 0 Å². The average Bonchev–Trinajstić information content (AvgIpc) is 3.00. The van der Waals surface area contributed by atoms with Crippen LogP contribution in [-0.2, 0) is 11.2 Å². The van der Waals surface area contributed by atoms with Gasteiger partial charge in [0.1, 0.15) is 11.2 Å². The minimum atomic E-state index is -1.33. The number of carbonyl (C=O) groups is 1. The van der Waals surface area contributed by atoms with E-state index in [0.29, 0.717) is 27.1 Å². The lowest BCUT2D eigenvalue weighted by atomic mass is 9.99. The van der Waals surface area contributed by atoms with Crippen LogP contribution in [0.25, 0.3) is 33.1 Å². The Labute approximate surface area is 152 Å². The van der Waals surface area contributed by atoms with Crippen molar-refractivity contribution in [2.24, 2.45) is 0 Å². The van der Waals surface area contributed by atoms with Crippen LogP contribution in [0.1, 0.15) is 11.1 Å². The van der Waals surface area contributed by atoms with Crippen molar-refractivity contribution in [2.45, 2.75) is 13.3 Å². The zero-order valence-corrected chi connectivity index (χ0v) is 14.4. The van der Waals surface area contributed by atoms with E-state index in [-0.39, 0.29) is 5.56 Å². The molecule has 0 amide bonds. The highest BCUT2D eigenvalue weighted by molar-refractivity contribution is 6.30. The summed E-state index contributed by atoms with van der Waals surface area (Å²) in [6.45, 7) is 1.70. The van der Waals surface area contributed by atoms with Gasteiger partial charge in [-0.3, -0.25) is 0 Å². The standard InChI is InChI=1S/C20H13ClO5/c1-10-13-6-15-16(11-2-4-12(21)5-3-11)9-25-17(15)8-18(13)26-20(24)14(10)7-19(22)23/h2-6,8-9H,7H2,1H3,(H,22,23)/p-1. The summed E-state index contributed by atoms with van der Waals surface area (Å²) in [6.07, 6.45) is 1.14. The summed E-state index contributed by atoms with van der Waals surface area (Å²) >= 11 is 5.95. The van der Waals surface area contributed by atoms with Crippen LogP contribution >= 0.6 is 11.6 Å². The number of carboxylic acids is 1. The minimum absolute atomic E-state index is 0.0911. The van der Waals surface area contributed by atoms with Crippen LogP contribution in [0.5, 0.6) is 0 Å². The molecule has 2 heterocycles. The van der Waals surface area contributed by atoms with Crippen LogP contribution in [-0.4, -0.2) is 5.97 Å². The maximum atomic E-state index is 12.1. The predicted molar refractivity (Wildman–Crippen MR) is 96.2 cm³/mol. The van der Waals surface area contributed by atoms with Gasteiger partial charge in [-0.15, -0.1) is 0 Å². The summed E-state index contributed by atoms with van der Waals surface area (Å²) in [5.74, 6) is -1.33. The number of benzene rings is 2. The third-order valence-electron chi connectivity index (χ3n) is 4.46. The van der Waals surface area contributed by atoms with Gasteiger partial charge in [0.25, 0.3) is 0 Å². The van der Waals surface area contributed by atoms with Crippen LogP contribution < -0.4 is 10.7 Å². The van der Waals surface area contributed by atoms with Gasteiger partial charge < -0.3 is 18.7 Å². The van der Waals surface area contributed by atoms with E-state index in [4.69, 9.17) is 20.4 Å². The van der Waals surface area contributed by atoms with Gasteiger partial charge in [0, 0.05) is 45.4 Å². The number of hydrogen-bond donors (Lipinski definition) is 0. The molecular formula is C20H12ClO5-. The van der Waals surface area contributed by atoms with Crippen molar-refractivity contribution in [1.29, 1.82) is 0 Å². The first-order chi connectivity index (χ1) is 12.4. The molecule has 0 aliphatic rings. The van der Waals surface area contributed by atoms with Gasteiger partial charge in [0.05, 0.1) is 6.26 Å². The van der Waals surface area contributed by atoms with E-state index in [9.17, 15) is 14.7 Å². The molecule has 26 heavy (non-hydrogen) atoms. The lowest BCUT2D eigenvalue weighted by molar-refractivity contribution is -0.304. The third kappa shape index (κ3) is 2.66. The van der Waals surface area contributed by atoms with Crippen molar-refractivity contribution in [3.63, 3.8) is 0 Å². The number of aryl methyl sites for hydroxylation is 1. The van der Waals surface area contributed by atoms with E-state index in [1.54, 1.807) is 31.4 Å². The summed E-state index contributed by atoms with van der Waals surface area (Å²) in [6, 6.07) is 10.8. The number of furan rings is 1. The maximum absolute atomic E-state index is 12.1. The minimum Gasteiger partial charge on any atom is -0.550 e. The van der Waals surface area contributed by atoms with E-state index in [1.165, 1.54) is 0 Å². The first-order valence-electron chi connectivity index (χ1n) is 7.87. The second kappa shape index (κ2) is 6.04. The monoisotopic (exact) mass is 367 g/mol. The summed E-state index contributed by atoms with van der Waals surface area (Å²) in [4.78, 5) is 23.0. The third-order valence-corrected chi connectivity index (χ3v) is 4.71. The Morgan fingerprint density at radius 2 is 1.85 bits per heavy atom. The van der Waals surface area contributed by atoms with Crippen molar-refractivity contribution in [3.8, 4) is 11.1 Å². The normalized spacial score (nSPS) is 11.3. The number of hydrogen-bond acceptors (Lipinski definition) is 5. The molecule has 0 aliphatic carbocycles. The molecule has 4 aromatic rings. The average molecular weight is 368 g/mol. The van der Waals surface area contributed by atoms with Crippen LogP contribution in [0.4, 0.5) is 0 Å². The predicted octanol–water partition coefficient (Wildman–Crippen LogP) is 3.46. The van der Waals surface area contributed by atoms with Crippen molar-refractivity contribution >= 4 is 39.5 Å². The zero-order chi connectivity index (χ0) is 18.4. The van der Waals surface area contributed by atoms with E-state index in [2.05, 4.69) is 0 Å². The lowest BCUT2D eigenvalue weighted by Crippen LogP contribution is -2.27. The van der Waals surface area contributed by atoms with Gasteiger partial charge in [0.2, 0.25) is 0 Å². The Hall–Kier alpha value is -3.05. The summed E-state index contributed by atoms with van der Waals surface area (Å²) in [7, 11) is 0. The topological polar surface area (TPSA) is 83.5 Å². The molecule has 6 heteroatoms. The first kappa shape index (κ1) is 16.4. The summed E-state index contributed by atoms with van der Waals surface area (Å²) < 4.78 is 10.9. The Balaban J connectivity index is 1.99. The number of carbonyl (C=O) groups excluding carboxylic acids is 1. The number of halogens is 1. The molecule has 2 aromatic carbocycles. The number of rotatable bonds is 3. The van der Waals surface area contributed by atoms with Crippen LogP contribution in [0, 0.1) is 6.92 Å². The number of fused-ring (bicyclic) bond motifs is 2. The fourth-order valence-corrected chi connectivity index (χ4v) is 3.24. The zero-order valence-electron chi connectivity index (χ0n) is 13.7. The SMILES string of the molecule is Cc1c(CC(=O)[O-])c(=O)oc2cc3occ(-c4ccc(Cl)cc4)c3cc12. The summed E-state index contributed by atoms with van der Waals surface area (Å²) in [5, 5.41) is 13.1. The molecule has 5 nitrogen and oxygen atoms in total. The molecule has 0 saturated heterocycles. The Morgan fingerprint density at radius 3 is 2.54 bits per heavy atom. The van der Waals surface area contributed by atoms with Crippen molar-refractivity contribution in [2.75, 3.05) is 0 Å². The molecule has 0 spiro atoms. The number of aliphatic carboxylic acids is 1. The second-order valence-electron chi connectivity index (χ2n) is 6.04. The Bertz CT molecular complexity index is 1220. The molecule has 0 N–H and O–H groups in total. The largest absolute Gasteiger partial charge is 0.550 e. The Kier molecular flexibility index (Phi) is 3.81. The molecule has 0 bridgehead atoms. The van der Waals surface area contributed by atoms with E-state index >= 15 is 0 Å². The van der Waals surface area contributed by atoms with Crippen molar-refractivity contribution in [3.05, 3.63) is 69.2 Å².